The normalized spacial score (nSPS) is 14.9. The van der Waals surface area contributed by atoms with Crippen molar-refractivity contribution >= 4 is 45.4 Å². The Morgan fingerprint density at radius 2 is 1.90 bits per heavy atom. The molecule has 1 aliphatic heterocycles. The van der Waals surface area contributed by atoms with Crippen molar-refractivity contribution in [2.24, 2.45) is 0 Å². The number of imide groups is 2. The Balaban J connectivity index is 2.05. The summed E-state index contributed by atoms with van der Waals surface area (Å²) in [6, 6.07) is 4.41. The first-order chi connectivity index (χ1) is 9.81. The maximum Gasteiger partial charge on any atom is 0.334 e. The second-order valence-electron chi connectivity index (χ2n) is 4.55. The van der Waals surface area contributed by atoms with E-state index < -0.39 is 30.3 Å². The van der Waals surface area contributed by atoms with Crippen LogP contribution in [0.1, 0.15) is 5.56 Å². The van der Waals surface area contributed by atoms with E-state index in [1.54, 1.807) is 12.1 Å². The Bertz CT molecular complexity index is 659. The molecule has 2 rings (SSSR count). The van der Waals surface area contributed by atoms with Crippen molar-refractivity contribution in [3.63, 3.8) is 0 Å². The van der Waals surface area contributed by atoms with Gasteiger partial charge in [0.15, 0.2) is 0 Å². The van der Waals surface area contributed by atoms with E-state index in [9.17, 15) is 19.2 Å². The molecule has 1 aromatic carbocycles. The number of hydrogen-bond donors (Lipinski definition) is 1. The van der Waals surface area contributed by atoms with Crippen LogP contribution in [-0.2, 0) is 14.4 Å². The summed E-state index contributed by atoms with van der Waals surface area (Å²) in [5, 5.41) is 2.56. The van der Waals surface area contributed by atoms with Crippen molar-refractivity contribution in [3.05, 3.63) is 28.2 Å². The Morgan fingerprint density at radius 1 is 1.24 bits per heavy atom. The van der Waals surface area contributed by atoms with Crippen molar-refractivity contribution in [2.75, 3.05) is 18.9 Å². The number of amides is 5. The molecule has 7 nitrogen and oxygen atoms in total. The SMILES string of the molecule is Cc1ccc(NC(=O)CN2C(=O)C(=O)N(C)C2=O)cc1Br. The number of nitrogens with one attached hydrogen (secondary N) is 1. The maximum absolute atomic E-state index is 11.9. The van der Waals surface area contributed by atoms with E-state index in [1.165, 1.54) is 7.05 Å². The average molecular weight is 354 g/mol. The number of nitrogens with zero attached hydrogens (tertiary/aromatic N) is 2. The van der Waals surface area contributed by atoms with E-state index in [4.69, 9.17) is 0 Å². The Labute approximate surface area is 129 Å². The molecule has 0 saturated carbocycles. The van der Waals surface area contributed by atoms with Crippen molar-refractivity contribution in [1.29, 1.82) is 0 Å². The highest BCUT2D eigenvalue weighted by Gasteiger charge is 2.42. The van der Waals surface area contributed by atoms with Gasteiger partial charge in [-0.25, -0.2) is 9.69 Å². The van der Waals surface area contributed by atoms with Gasteiger partial charge < -0.3 is 5.32 Å². The molecule has 0 aliphatic carbocycles. The van der Waals surface area contributed by atoms with Crippen LogP contribution in [0.5, 0.6) is 0 Å². The average Bonchev–Trinajstić information content (AvgIpc) is 2.61. The minimum absolute atomic E-state index is 0.501. The Morgan fingerprint density at radius 3 is 2.43 bits per heavy atom. The van der Waals surface area contributed by atoms with Crippen LogP contribution in [0.2, 0.25) is 0 Å². The summed E-state index contributed by atoms with van der Waals surface area (Å²) in [5.74, 6) is -2.50. The van der Waals surface area contributed by atoms with Crippen molar-refractivity contribution in [2.45, 2.75) is 6.92 Å². The molecule has 5 amide bonds. The maximum atomic E-state index is 11.9. The first kappa shape index (κ1) is 15.2. The topological polar surface area (TPSA) is 86.8 Å². The summed E-state index contributed by atoms with van der Waals surface area (Å²) in [6.45, 7) is 1.40. The minimum Gasteiger partial charge on any atom is -0.324 e. The van der Waals surface area contributed by atoms with E-state index in [1.807, 2.05) is 13.0 Å². The summed E-state index contributed by atoms with van der Waals surface area (Å²) < 4.78 is 0.823. The summed E-state index contributed by atoms with van der Waals surface area (Å²) in [6.07, 6.45) is 0. The van der Waals surface area contributed by atoms with E-state index in [0.717, 1.165) is 10.0 Å². The molecule has 0 radical (unpaired) electrons. The number of urea groups is 1. The molecule has 0 aromatic heterocycles. The van der Waals surface area contributed by atoms with Crippen LogP contribution < -0.4 is 5.32 Å². The molecular weight excluding hydrogens is 342 g/mol. The van der Waals surface area contributed by atoms with Crippen LogP contribution in [0.4, 0.5) is 10.5 Å². The number of rotatable bonds is 3. The molecule has 0 unspecified atom stereocenters. The molecular formula is C13H12BrN3O4. The zero-order valence-electron chi connectivity index (χ0n) is 11.3. The van der Waals surface area contributed by atoms with Gasteiger partial charge in [0.2, 0.25) is 5.91 Å². The fraction of sp³-hybridized carbons (Fsp3) is 0.231. The van der Waals surface area contributed by atoms with Gasteiger partial charge in [-0.2, -0.15) is 0 Å². The number of carbonyl (C=O) groups is 4. The van der Waals surface area contributed by atoms with Gasteiger partial charge in [-0.15, -0.1) is 0 Å². The van der Waals surface area contributed by atoms with Gasteiger partial charge in [-0.05, 0) is 24.6 Å². The number of likely N-dealkylation sites (N-methyl/N-ethyl adjacent to an activating group) is 1. The standard InChI is InChI=1S/C13H12BrN3O4/c1-7-3-4-8(5-9(7)14)15-10(18)6-17-12(20)11(19)16(2)13(17)21/h3-5H,6H2,1-2H3,(H,15,18). The quantitative estimate of drug-likeness (QED) is 0.651. The lowest BCUT2D eigenvalue weighted by atomic mass is 10.2. The Hall–Kier alpha value is -2.22. The third-order valence-electron chi connectivity index (χ3n) is 3.01. The van der Waals surface area contributed by atoms with Gasteiger partial charge in [0.05, 0.1) is 0 Å². The van der Waals surface area contributed by atoms with Crippen molar-refractivity contribution in [1.82, 2.24) is 9.80 Å². The summed E-state index contributed by atoms with van der Waals surface area (Å²) >= 11 is 3.34. The molecule has 1 heterocycles. The highest BCUT2D eigenvalue weighted by atomic mass is 79.9. The zero-order chi connectivity index (χ0) is 15.7. The van der Waals surface area contributed by atoms with Crippen LogP contribution in [0, 0.1) is 6.92 Å². The lowest BCUT2D eigenvalue weighted by Crippen LogP contribution is -2.38. The molecule has 0 atom stereocenters. The molecule has 21 heavy (non-hydrogen) atoms. The molecule has 8 heteroatoms. The first-order valence-corrected chi connectivity index (χ1v) is 6.80. The molecule has 0 spiro atoms. The lowest BCUT2D eigenvalue weighted by Gasteiger charge is -2.13. The number of hydrogen-bond acceptors (Lipinski definition) is 4. The van der Waals surface area contributed by atoms with Gasteiger partial charge in [-0.1, -0.05) is 22.0 Å². The summed E-state index contributed by atoms with van der Waals surface area (Å²) in [7, 11) is 1.19. The second kappa shape index (κ2) is 5.65. The molecule has 1 aromatic rings. The molecule has 1 N–H and O–H groups in total. The number of carbonyl (C=O) groups excluding carboxylic acids is 4. The molecule has 110 valence electrons. The number of halogens is 1. The van der Waals surface area contributed by atoms with Crippen LogP contribution in [0.3, 0.4) is 0 Å². The lowest BCUT2D eigenvalue weighted by molar-refractivity contribution is -0.143. The zero-order valence-corrected chi connectivity index (χ0v) is 12.9. The molecule has 1 aliphatic rings. The largest absolute Gasteiger partial charge is 0.334 e. The fourth-order valence-corrected chi connectivity index (χ4v) is 2.15. The van der Waals surface area contributed by atoms with Gasteiger partial charge in [-0.3, -0.25) is 19.3 Å². The minimum atomic E-state index is -0.997. The summed E-state index contributed by atoms with van der Waals surface area (Å²) in [4.78, 5) is 47.7. The Kier molecular flexibility index (Phi) is 4.08. The first-order valence-electron chi connectivity index (χ1n) is 6.00. The monoisotopic (exact) mass is 353 g/mol. The predicted molar refractivity (Wildman–Crippen MR) is 77.4 cm³/mol. The van der Waals surface area contributed by atoms with E-state index in [-0.39, 0.29) is 0 Å². The molecule has 0 bridgehead atoms. The smallest absolute Gasteiger partial charge is 0.324 e. The third kappa shape index (κ3) is 2.94. The highest BCUT2D eigenvalue weighted by molar-refractivity contribution is 9.10. The van der Waals surface area contributed by atoms with Crippen molar-refractivity contribution < 1.29 is 19.2 Å². The second-order valence-corrected chi connectivity index (χ2v) is 5.40. The van der Waals surface area contributed by atoms with Crippen LogP contribution in [0.25, 0.3) is 0 Å². The molecule has 1 fully saturated rings. The van der Waals surface area contributed by atoms with Gasteiger partial charge >= 0.3 is 17.8 Å². The fourth-order valence-electron chi connectivity index (χ4n) is 1.77. The van der Waals surface area contributed by atoms with Crippen molar-refractivity contribution in [3.8, 4) is 0 Å². The molecule has 1 saturated heterocycles. The van der Waals surface area contributed by atoms with Gasteiger partial charge in [0.1, 0.15) is 6.54 Å². The summed E-state index contributed by atoms with van der Waals surface area (Å²) in [5.41, 5.74) is 1.53. The van der Waals surface area contributed by atoms with E-state index in [2.05, 4.69) is 21.2 Å². The van der Waals surface area contributed by atoms with Gasteiger partial charge in [0.25, 0.3) is 0 Å². The van der Waals surface area contributed by atoms with E-state index in [0.29, 0.717) is 15.5 Å². The predicted octanol–water partition coefficient (Wildman–Crippen LogP) is 1.12. The highest BCUT2D eigenvalue weighted by Crippen LogP contribution is 2.20. The number of anilines is 1. The number of benzene rings is 1. The van der Waals surface area contributed by atoms with Gasteiger partial charge in [0, 0.05) is 17.2 Å². The van der Waals surface area contributed by atoms with E-state index >= 15 is 0 Å². The number of aryl methyl sites for hydroxylation is 1. The van der Waals surface area contributed by atoms with Crippen LogP contribution in [-0.4, -0.2) is 47.1 Å². The van der Waals surface area contributed by atoms with Crippen LogP contribution >= 0.6 is 15.9 Å². The van der Waals surface area contributed by atoms with Crippen LogP contribution in [0.15, 0.2) is 22.7 Å². The third-order valence-corrected chi connectivity index (χ3v) is 3.86.